The van der Waals surface area contributed by atoms with Crippen molar-refractivity contribution in [2.24, 2.45) is 0 Å². The van der Waals surface area contributed by atoms with Crippen molar-refractivity contribution in [3.05, 3.63) is 59.5 Å². The normalized spacial score (nSPS) is 28.1. The SMILES string of the molecule is OC1(c2ccco2)c2ccccc2C12OCCO2. The molecule has 1 aromatic carbocycles. The van der Waals surface area contributed by atoms with E-state index >= 15 is 0 Å². The Balaban J connectivity index is 1.98. The van der Waals surface area contributed by atoms with Crippen LogP contribution in [0.4, 0.5) is 0 Å². The molecule has 1 unspecified atom stereocenters. The molecule has 0 saturated carbocycles. The molecule has 92 valence electrons. The van der Waals surface area contributed by atoms with E-state index in [0.717, 1.165) is 11.1 Å². The Labute approximate surface area is 104 Å². The van der Waals surface area contributed by atoms with Gasteiger partial charge in [-0.3, -0.25) is 0 Å². The second-order valence-corrected chi connectivity index (χ2v) is 4.55. The summed E-state index contributed by atoms with van der Waals surface area (Å²) in [6, 6.07) is 11.1. The molecule has 0 radical (unpaired) electrons. The van der Waals surface area contributed by atoms with E-state index in [-0.39, 0.29) is 0 Å². The number of benzene rings is 1. The fourth-order valence-electron chi connectivity index (χ4n) is 2.95. The van der Waals surface area contributed by atoms with Crippen LogP contribution in [0.1, 0.15) is 16.9 Å². The molecule has 4 rings (SSSR count). The molecule has 1 fully saturated rings. The molecule has 4 nitrogen and oxygen atoms in total. The Bertz CT molecular complexity index is 584. The first kappa shape index (κ1) is 10.3. The Morgan fingerprint density at radius 1 is 0.944 bits per heavy atom. The molecule has 1 aromatic heterocycles. The highest BCUT2D eigenvalue weighted by atomic mass is 16.8. The van der Waals surface area contributed by atoms with Crippen molar-refractivity contribution < 1.29 is 19.0 Å². The van der Waals surface area contributed by atoms with E-state index in [1.165, 1.54) is 6.26 Å². The Kier molecular flexibility index (Phi) is 1.85. The maximum absolute atomic E-state index is 11.0. The summed E-state index contributed by atoms with van der Waals surface area (Å²) >= 11 is 0. The highest BCUT2D eigenvalue weighted by Gasteiger charge is 2.69. The maximum atomic E-state index is 11.0. The first-order chi connectivity index (χ1) is 8.79. The number of ether oxygens (including phenoxy) is 2. The molecule has 1 aliphatic carbocycles. The van der Waals surface area contributed by atoms with Gasteiger partial charge >= 0.3 is 0 Å². The molecule has 1 spiro atoms. The van der Waals surface area contributed by atoms with Crippen LogP contribution in [0.15, 0.2) is 47.1 Å². The van der Waals surface area contributed by atoms with Gasteiger partial charge in [-0.2, -0.15) is 0 Å². The summed E-state index contributed by atoms with van der Waals surface area (Å²) in [7, 11) is 0. The second-order valence-electron chi connectivity index (χ2n) is 4.55. The topological polar surface area (TPSA) is 51.8 Å². The quantitative estimate of drug-likeness (QED) is 0.830. The summed E-state index contributed by atoms with van der Waals surface area (Å²) in [6.07, 6.45) is 1.54. The van der Waals surface area contributed by atoms with Gasteiger partial charge in [0, 0.05) is 11.1 Å². The van der Waals surface area contributed by atoms with E-state index in [9.17, 15) is 5.11 Å². The van der Waals surface area contributed by atoms with Gasteiger partial charge in [-0.1, -0.05) is 24.3 Å². The smallest absolute Gasteiger partial charge is 0.237 e. The fourth-order valence-corrected chi connectivity index (χ4v) is 2.95. The van der Waals surface area contributed by atoms with Crippen LogP contribution < -0.4 is 0 Å². The average molecular weight is 244 g/mol. The lowest BCUT2D eigenvalue weighted by Crippen LogP contribution is -2.60. The zero-order valence-corrected chi connectivity index (χ0v) is 9.63. The molecule has 2 aromatic rings. The zero-order valence-electron chi connectivity index (χ0n) is 9.63. The summed E-state index contributed by atoms with van der Waals surface area (Å²) in [6.45, 7) is 0.939. The van der Waals surface area contributed by atoms with Crippen LogP contribution in [-0.2, 0) is 20.9 Å². The van der Waals surface area contributed by atoms with Crippen molar-refractivity contribution in [2.75, 3.05) is 13.2 Å². The van der Waals surface area contributed by atoms with Crippen LogP contribution in [0, 0.1) is 0 Å². The van der Waals surface area contributed by atoms with Crippen LogP contribution in [0.25, 0.3) is 0 Å². The van der Waals surface area contributed by atoms with Crippen LogP contribution in [-0.4, -0.2) is 18.3 Å². The molecule has 2 aliphatic rings. The van der Waals surface area contributed by atoms with Gasteiger partial charge in [-0.15, -0.1) is 0 Å². The molecule has 4 heteroatoms. The van der Waals surface area contributed by atoms with Crippen molar-refractivity contribution in [1.29, 1.82) is 0 Å². The molecule has 0 amide bonds. The van der Waals surface area contributed by atoms with Gasteiger partial charge in [0.25, 0.3) is 0 Å². The summed E-state index contributed by atoms with van der Waals surface area (Å²) < 4.78 is 16.8. The van der Waals surface area contributed by atoms with Gasteiger partial charge in [0.1, 0.15) is 5.76 Å². The third-order valence-electron chi connectivity index (χ3n) is 3.72. The number of fused-ring (bicyclic) bond motifs is 2. The number of furan rings is 1. The highest BCUT2D eigenvalue weighted by molar-refractivity contribution is 5.54. The predicted octanol–water partition coefficient (Wildman–Crippen LogP) is 1.73. The Morgan fingerprint density at radius 3 is 2.33 bits per heavy atom. The van der Waals surface area contributed by atoms with Gasteiger partial charge in [-0.05, 0) is 12.1 Å². The van der Waals surface area contributed by atoms with Crippen LogP contribution in [0.5, 0.6) is 0 Å². The first-order valence-corrected chi connectivity index (χ1v) is 5.93. The fraction of sp³-hybridized carbons (Fsp3) is 0.286. The lowest BCUT2D eigenvalue weighted by molar-refractivity contribution is -0.299. The molecule has 1 aliphatic heterocycles. The zero-order chi connectivity index (χ0) is 12.2. The summed E-state index contributed by atoms with van der Waals surface area (Å²) in [4.78, 5) is 0. The predicted molar refractivity (Wildman–Crippen MR) is 61.7 cm³/mol. The average Bonchev–Trinajstić information content (AvgIpc) is 3.10. The minimum Gasteiger partial charge on any atom is -0.466 e. The lowest BCUT2D eigenvalue weighted by atomic mass is 9.66. The molecule has 2 heterocycles. The van der Waals surface area contributed by atoms with Crippen molar-refractivity contribution in [2.45, 2.75) is 11.4 Å². The van der Waals surface area contributed by atoms with E-state index in [2.05, 4.69) is 0 Å². The van der Waals surface area contributed by atoms with Gasteiger partial charge in [0.2, 0.25) is 11.4 Å². The minimum absolute atomic E-state index is 0.447. The standard InChI is InChI=1S/C14H12O4/c15-13(12-6-3-7-16-12)10-4-1-2-5-11(10)14(13)17-8-9-18-14/h1-7,15H,8-9H2. The van der Waals surface area contributed by atoms with Crippen molar-refractivity contribution in [1.82, 2.24) is 0 Å². The van der Waals surface area contributed by atoms with Crippen molar-refractivity contribution >= 4 is 0 Å². The van der Waals surface area contributed by atoms with E-state index in [4.69, 9.17) is 13.9 Å². The number of hydrogen-bond acceptors (Lipinski definition) is 4. The van der Waals surface area contributed by atoms with Crippen LogP contribution in [0.2, 0.25) is 0 Å². The van der Waals surface area contributed by atoms with Crippen LogP contribution in [0.3, 0.4) is 0 Å². The number of rotatable bonds is 1. The van der Waals surface area contributed by atoms with Gasteiger partial charge in [0.15, 0.2) is 0 Å². The van der Waals surface area contributed by atoms with E-state index in [1.807, 2.05) is 24.3 Å². The molecule has 18 heavy (non-hydrogen) atoms. The largest absolute Gasteiger partial charge is 0.466 e. The van der Waals surface area contributed by atoms with Gasteiger partial charge in [-0.25, -0.2) is 0 Å². The molecule has 0 bridgehead atoms. The molecular weight excluding hydrogens is 232 g/mol. The molecular formula is C14H12O4. The van der Waals surface area contributed by atoms with Crippen LogP contribution >= 0.6 is 0 Å². The van der Waals surface area contributed by atoms with E-state index in [0.29, 0.717) is 19.0 Å². The molecule has 1 N–H and O–H groups in total. The molecule has 1 atom stereocenters. The van der Waals surface area contributed by atoms with Gasteiger partial charge in [0.05, 0.1) is 19.5 Å². The summed E-state index contributed by atoms with van der Waals surface area (Å²) in [5.41, 5.74) is 0.298. The first-order valence-electron chi connectivity index (χ1n) is 5.93. The second kappa shape index (κ2) is 3.23. The number of aliphatic hydroxyl groups is 1. The van der Waals surface area contributed by atoms with Crippen molar-refractivity contribution in [3.8, 4) is 0 Å². The van der Waals surface area contributed by atoms with Gasteiger partial charge < -0.3 is 19.0 Å². The summed E-state index contributed by atoms with van der Waals surface area (Å²) in [5, 5.41) is 11.0. The maximum Gasteiger partial charge on any atom is 0.237 e. The Hall–Kier alpha value is -1.62. The third kappa shape index (κ3) is 0.938. The summed E-state index contributed by atoms with van der Waals surface area (Å²) in [5.74, 6) is -0.662. The highest BCUT2D eigenvalue weighted by Crippen LogP contribution is 2.60. The van der Waals surface area contributed by atoms with Crippen molar-refractivity contribution in [3.63, 3.8) is 0 Å². The number of hydrogen-bond donors (Lipinski definition) is 1. The third-order valence-corrected chi connectivity index (χ3v) is 3.72. The lowest BCUT2D eigenvalue weighted by Gasteiger charge is -2.51. The molecule has 1 saturated heterocycles. The minimum atomic E-state index is -1.36. The monoisotopic (exact) mass is 244 g/mol. The Morgan fingerprint density at radius 2 is 1.67 bits per heavy atom. The van der Waals surface area contributed by atoms with E-state index < -0.39 is 11.4 Å². The van der Waals surface area contributed by atoms with E-state index in [1.54, 1.807) is 12.1 Å².